The lowest BCUT2D eigenvalue weighted by atomic mass is 9.85. The Hall–Kier alpha value is -3.94. The summed E-state index contributed by atoms with van der Waals surface area (Å²) in [5.41, 5.74) is 10.9. The van der Waals surface area contributed by atoms with Gasteiger partial charge in [-0.25, -0.2) is 0 Å². The van der Waals surface area contributed by atoms with Gasteiger partial charge in [-0.15, -0.1) is 0 Å². The van der Waals surface area contributed by atoms with E-state index in [2.05, 4.69) is 0 Å². The third-order valence-corrected chi connectivity index (χ3v) is 5.45. The molecule has 0 atom stereocenters. The van der Waals surface area contributed by atoms with Gasteiger partial charge >= 0.3 is 12.4 Å². The minimum Gasteiger partial charge on any atom is -0.399 e. The number of hydrogen-bond donors (Lipinski definition) is 2. The lowest BCUT2D eigenvalue weighted by Gasteiger charge is -2.21. The Bertz CT molecular complexity index is 1360. The summed E-state index contributed by atoms with van der Waals surface area (Å²) in [5.74, 6) is 0. The molecule has 0 unspecified atom stereocenters. The maximum Gasteiger partial charge on any atom is 0.417 e. The van der Waals surface area contributed by atoms with Crippen LogP contribution in [-0.2, 0) is 12.4 Å². The van der Waals surface area contributed by atoms with Crippen molar-refractivity contribution in [3.8, 4) is 33.4 Å². The van der Waals surface area contributed by atoms with E-state index in [1.165, 1.54) is 66.7 Å². The summed E-state index contributed by atoms with van der Waals surface area (Å²) in [7, 11) is 0. The van der Waals surface area contributed by atoms with Crippen LogP contribution in [0.4, 0.5) is 37.7 Å². The molecule has 0 aliphatic rings. The summed E-state index contributed by atoms with van der Waals surface area (Å²) in [4.78, 5) is 0. The smallest absolute Gasteiger partial charge is 0.399 e. The molecule has 0 spiro atoms. The molecule has 34 heavy (non-hydrogen) atoms. The van der Waals surface area contributed by atoms with E-state index in [4.69, 9.17) is 11.5 Å². The Kier molecular flexibility index (Phi) is 5.77. The molecule has 0 saturated carbocycles. The van der Waals surface area contributed by atoms with Crippen LogP contribution in [0.3, 0.4) is 0 Å². The number of benzene rings is 4. The Morgan fingerprint density at radius 2 is 1.00 bits per heavy atom. The van der Waals surface area contributed by atoms with Crippen LogP contribution in [0.2, 0.25) is 0 Å². The maximum absolute atomic E-state index is 13.8. The van der Waals surface area contributed by atoms with Gasteiger partial charge in [0.05, 0.1) is 11.1 Å². The first-order valence-corrected chi connectivity index (χ1v) is 10.1. The van der Waals surface area contributed by atoms with Gasteiger partial charge in [-0.1, -0.05) is 54.6 Å². The van der Waals surface area contributed by atoms with Gasteiger partial charge in [0, 0.05) is 16.9 Å². The molecular formula is C26H18F6N2. The van der Waals surface area contributed by atoms with Gasteiger partial charge in [-0.05, 0) is 58.1 Å². The molecule has 0 heterocycles. The van der Waals surface area contributed by atoms with E-state index in [0.29, 0.717) is 0 Å². The highest BCUT2D eigenvalue weighted by atomic mass is 19.4. The number of rotatable bonds is 3. The lowest BCUT2D eigenvalue weighted by Crippen LogP contribution is -2.09. The SMILES string of the molecule is Nc1ccc(-c2cccc(N)c2-c2ccccc2C(F)(F)F)c(-c2ccccc2C(F)(F)F)c1. The van der Waals surface area contributed by atoms with E-state index in [0.717, 1.165) is 12.1 Å². The van der Waals surface area contributed by atoms with Crippen LogP contribution >= 0.6 is 0 Å². The van der Waals surface area contributed by atoms with E-state index in [9.17, 15) is 26.3 Å². The van der Waals surface area contributed by atoms with E-state index in [1.807, 2.05) is 0 Å². The van der Waals surface area contributed by atoms with Gasteiger partial charge in [0.25, 0.3) is 0 Å². The van der Waals surface area contributed by atoms with Crippen LogP contribution in [0, 0.1) is 0 Å². The predicted molar refractivity (Wildman–Crippen MR) is 122 cm³/mol. The first kappa shape index (κ1) is 23.2. The van der Waals surface area contributed by atoms with Crippen LogP contribution in [0.5, 0.6) is 0 Å². The second-order valence-corrected chi connectivity index (χ2v) is 7.66. The number of nitrogen functional groups attached to an aromatic ring is 2. The second kappa shape index (κ2) is 8.44. The van der Waals surface area contributed by atoms with E-state index >= 15 is 0 Å². The highest BCUT2D eigenvalue weighted by Gasteiger charge is 2.36. The van der Waals surface area contributed by atoms with Gasteiger partial charge in [0.15, 0.2) is 0 Å². The standard InChI is InChI=1S/C26H18F6N2/c27-25(28,29)21-9-3-1-6-17(21)20-14-15(33)12-13-16(20)18-8-5-11-23(34)24(18)19-7-2-4-10-22(19)26(30,31)32/h1-14H,33-34H2. The average Bonchev–Trinajstić information content (AvgIpc) is 2.78. The Labute approximate surface area is 191 Å². The molecule has 0 radical (unpaired) electrons. The van der Waals surface area contributed by atoms with Crippen molar-refractivity contribution in [1.29, 1.82) is 0 Å². The molecule has 2 nitrogen and oxygen atoms in total. The molecule has 4 aromatic carbocycles. The van der Waals surface area contributed by atoms with Crippen molar-refractivity contribution in [2.75, 3.05) is 11.5 Å². The van der Waals surface area contributed by atoms with Gasteiger partial charge in [0.2, 0.25) is 0 Å². The van der Waals surface area contributed by atoms with E-state index < -0.39 is 23.5 Å². The molecule has 0 saturated heterocycles. The summed E-state index contributed by atoms with van der Waals surface area (Å²) < 4.78 is 82.8. The Morgan fingerprint density at radius 1 is 0.471 bits per heavy atom. The highest BCUT2D eigenvalue weighted by molar-refractivity contribution is 5.98. The van der Waals surface area contributed by atoms with Crippen molar-refractivity contribution in [3.05, 3.63) is 96.1 Å². The zero-order chi connectivity index (χ0) is 24.7. The normalized spacial score (nSPS) is 12.1. The first-order valence-electron chi connectivity index (χ1n) is 10.1. The van der Waals surface area contributed by atoms with Gasteiger partial charge in [-0.2, -0.15) is 26.3 Å². The van der Waals surface area contributed by atoms with Gasteiger partial charge in [-0.3, -0.25) is 0 Å². The fourth-order valence-corrected chi connectivity index (χ4v) is 4.03. The van der Waals surface area contributed by atoms with Crippen molar-refractivity contribution in [2.24, 2.45) is 0 Å². The summed E-state index contributed by atoms with van der Waals surface area (Å²) in [5, 5.41) is 0. The van der Waals surface area contributed by atoms with Crippen LogP contribution < -0.4 is 11.5 Å². The van der Waals surface area contributed by atoms with Crippen LogP contribution in [0.15, 0.2) is 84.9 Å². The summed E-state index contributed by atoms with van der Waals surface area (Å²) in [6.45, 7) is 0. The summed E-state index contributed by atoms with van der Waals surface area (Å²) in [6.07, 6.45) is -9.32. The van der Waals surface area contributed by atoms with Crippen molar-refractivity contribution >= 4 is 11.4 Å². The molecule has 4 rings (SSSR count). The number of alkyl halides is 6. The van der Waals surface area contributed by atoms with Crippen LogP contribution in [0.25, 0.3) is 33.4 Å². The van der Waals surface area contributed by atoms with Crippen molar-refractivity contribution < 1.29 is 26.3 Å². The third-order valence-electron chi connectivity index (χ3n) is 5.45. The van der Waals surface area contributed by atoms with Crippen molar-refractivity contribution in [3.63, 3.8) is 0 Å². The molecule has 0 amide bonds. The Balaban J connectivity index is 2.06. The summed E-state index contributed by atoms with van der Waals surface area (Å²) >= 11 is 0. The second-order valence-electron chi connectivity index (χ2n) is 7.66. The fraction of sp³-hybridized carbons (Fsp3) is 0.0769. The molecule has 0 aliphatic heterocycles. The molecule has 0 aliphatic carbocycles. The maximum atomic E-state index is 13.8. The lowest BCUT2D eigenvalue weighted by molar-refractivity contribution is -0.137. The number of nitrogens with two attached hydrogens (primary N) is 2. The molecule has 0 bridgehead atoms. The van der Waals surface area contributed by atoms with Crippen molar-refractivity contribution in [1.82, 2.24) is 0 Å². The number of hydrogen-bond acceptors (Lipinski definition) is 2. The van der Waals surface area contributed by atoms with E-state index in [-0.39, 0.29) is 44.8 Å². The molecule has 4 N–H and O–H groups in total. The van der Waals surface area contributed by atoms with Gasteiger partial charge < -0.3 is 11.5 Å². The zero-order valence-corrected chi connectivity index (χ0v) is 17.5. The quantitative estimate of drug-likeness (QED) is 0.235. The Morgan fingerprint density at radius 3 is 1.62 bits per heavy atom. The predicted octanol–water partition coefficient (Wildman–Crippen LogP) is 7.89. The molecule has 0 aromatic heterocycles. The monoisotopic (exact) mass is 472 g/mol. The minimum absolute atomic E-state index is 0.0566. The molecule has 174 valence electrons. The number of anilines is 2. The minimum atomic E-state index is -4.66. The molecule has 8 heteroatoms. The van der Waals surface area contributed by atoms with E-state index in [1.54, 1.807) is 6.07 Å². The zero-order valence-electron chi connectivity index (χ0n) is 17.5. The topological polar surface area (TPSA) is 52.0 Å². The van der Waals surface area contributed by atoms with Crippen LogP contribution in [-0.4, -0.2) is 0 Å². The first-order chi connectivity index (χ1) is 16.0. The van der Waals surface area contributed by atoms with Crippen LogP contribution in [0.1, 0.15) is 11.1 Å². The largest absolute Gasteiger partial charge is 0.417 e. The molecule has 4 aromatic rings. The molecule has 0 fully saturated rings. The third kappa shape index (κ3) is 4.31. The average molecular weight is 472 g/mol. The number of halogens is 6. The molecular weight excluding hydrogens is 454 g/mol. The fourth-order valence-electron chi connectivity index (χ4n) is 4.03. The van der Waals surface area contributed by atoms with Gasteiger partial charge in [0.1, 0.15) is 0 Å². The summed E-state index contributed by atoms with van der Waals surface area (Å²) in [6, 6.07) is 18.8. The highest BCUT2D eigenvalue weighted by Crippen LogP contribution is 2.47. The van der Waals surface area contributed by atoms with Crippen molar-refractivity contribution in [2.45, 2.75) is 12.4 Å².